The average Bonchev–Trinajstić information content (AvgIpc) is 3.54. The lowest BCUT2D eigenvalue weighted by atomic mass is 10.2. The Kier molecular flexibility index (Phi) is 6.47. The lowest BCUT2D eigenvalue weighted by Gasteiger charge is -2.12. The van der Waals surface area contributed by atoms with Gasteiger partial charge in [0.15, 0.2) is 4.34 Å². The third-order valence-electron chi connectivity index (χ3n) is 5.46. The van der Waals surface area contributed by atoms with Crippen molar-refractivity contribution in [3.8, 4) is 0 Å². The molecule has 5 rings (SSSR count). The van der Waals surface area contributed by atoms with Crippen molar-refractivity contribution in [1.29, 1.82) is 0 Å². The van der Waals surface area contributed by atoms with Gasteiger partial charge in [-0.1, -0.05) is 65.6 Å². The number of likely N-dealkylation sites (tertiary alicyclic amines) is 1. The smallest absolute Gasteiger partial charge is 0.240 e. The van der Waals surface area contributed by atoms with Crippen LogP contribution in [0, 0.1) is 0 Å². The number of hydrogen-bond acceptors (Lipinski definition) is 7. The number of anilines is 1. The third-order valence-corrected chi connectivity index (χ3v) is 7.43. The molecule has 1 fully saturated rings. The number of rotatable bonds is 8. The first-order valence-corrected chi connectivity index (χ1v) is 12.5. The number of fused-ring (bicyclic) bond motifs is 1. The van der Waals surface area contributed by atoms with Gasteiger partial charge >= 0.3 is 0 Å². The second kappa shape index (κ2) is 9.81. The summed E-state index contributed by atoms with van der Waals surface area (Å²) in [6, 6.07) is 18.6. The Labute approximate surface area is 194 Å². The summed E-state index contributed by atoms with van der Waals surface area (Å²) >= 11 is 3.00. The van der Waals surface area contributed by atoms with E-state index >= 15 is 0 Å². The zero-order valence-electron chi connectivity index (χ0n) is 17.6. The zero-order valence-corrected chi connectivity index (χ0v) is 19.2. The number of para-hydroxylation sites is 2. The van der Waals surface area contributed by atoms with E-state index in [0.29, 0.717) is 17.4 Å². The molecular weight excluding hydrogens is 440 g/mol. The molecule has 4 aromatic rings. The van der Waals surface area contributed by atoms with Crippen LogP contribution in [0.3, 0.4) is 0 Å². The molecule has 1 aliphatic heterocycles. The summed E-state index contributed by atoms with van der Waals surface area (Å²) in [6.45, 7) is 3.18. The van der Waals surface area contributed by atoms with Crippen molar-refractivity contribution >= 4 is 45.2 Å². The molecule has 0 unspecified atom stereocenters. The first-order valence-electron chi connectivity index (χ1n) is 10.7. The SMILES string of the molecule is O=C(CN1CCCC1)Nc1nnc(SCc2nc3ccccc3n2Cc2ccccc2)s1. The number of aromatic nitrogens is 4. The summed E-state index contributed by atoms with van der Waals surface area (Å²) < 4.78 is 3.08. The highest BCUT2D eigenvalue weighted by atomic mass is 32.2. The molecule has 2 aromatic heterocycles. The molecule has 0 radical (unpaired) electrons. The number of imidazole rings is 1. The van der Waals surface area contributed by atoms with Crippen LogP contribution in [0.2, 0.25) is 0 Å². The van der Waals surface area contributed by atoms with E-state index in [1.54, 1.807) is 11.8 Å². The Balaban J connectivity index is 1.26. The van der Waals surface area contributed by atoms with E-state index in [4.69, 9.17) is 4.98 Å². The molecule has 3 heterocycles. The van der Waals surface area contributed by atoms with Gasteiger partial charge in [-0.3, -0.25) is 15.0 Å². The quantitative estimate of drug-likeness (QED) is 0.310. The maximum absolute atomic E-state index is 12.2. The van der Waals surface area contributed by atoms with Crippen LogP contribution in [0.5, 0.6) is 0 Å². The van der Waals surface area contributed by atoms with E-state index in [-0.39, 0.29) is 5.91 Å². The summed E-state index contributed by atoms with van der Waals surface area (Å²) in [7, 11) is 0. The van der Waals surface area contributed by atoms with Crippen LogP contribution in [0.1, 0.15) is 24.2 Å². The molecule has 1 aliphatic rings. The second-order valence-corrected chi connectivity index (χ2v) is 9.98. The fraction of sp³-hybridized carbons (Fsp3) is 0.304. The normalized spacial score (nSPS) is 14.2. The number of nitrogens with one attached hydrogen (secondary N) is 1. The monoisotopic (exact) mass is 464 g/mol. The first kappa shape index (κ1) is 21.1. The molecule has 9 heteroatoms. The van der Waals surface area contributed by atoms with Gasteiger partial charge in [-0.05, 0) is 43.6 Å². The van der Waals surface area contributed by atoms with Crippen molar-refractivity contribution in [1.82, 2.24) is 24.6 Å². The van der Waals surface area contributed by atoms with Gasteiger partial charge in [-0.15, -0.1) is 10.2 Å². The number of thioether (sulfide) groups is 1. The maximum atomic E-state index is 12.2. The molecule has 7 nitrogen and oxygen atoms in total. The molecule has 0 saturated carbocycles. The highest BCUT2D eigenvalue weighted by Crippen LogP contribution is 2.29. The first-order chi connectivity index (χ1) is 15.7. The molecule has 0 spiro atoms. The lowest BCUT2D eigenvalue weighted by molar-refractivity contribution is -0.117. The largest absolute Gasteiger partial charge is 0.323 e. The van der Waals surface area contributed by atoms with Gasteiger partial charge < -0.3 is 4.57 Å². The van der Waals surface area contributed by atoms with Gasteiger partial charge in [0.1, 0.15) is 5.82 Å². The number of carbonyl (C=O) groups excluding carboxylic acids is 1. The van der Waals surface area contributed by atoms with Crippen molar-refractivity contribution in [2.45, 2.75) is 29.5 Å². The Morgan fingerprint density at radius 1 is 1.03 bits per heavy atom. The van der Waals surface area contributed by atoms with Gasteiger partial charge in [0, 0.05) is 6.54 Å². The van der Waals surface area contributed by atoms with Gasteiger partial charge in [0.05, 0.1) is 23.3 Å². The van der Waals surface area contributed by atoms with E-state index in [1.807, 2.05) is 24.3 Å². The number of benzene rings is 2. The van der Waals surface area contributed by atoms with E-state index < -0.39 is 0 Å². The predicted molar refractivity (Wildman–Crippen MR) is 129 cm³/mol. The zero-order chi connectivity index (χ0) is 21.8. The second-order valence-electron chi connectivity index (χ2n) is 7.78. The van der Waals surface area contributed by atoms with Crippen molar-refractivity contribution in [3.63, 3.8) is 0 Å². The highest BCUT2D eigenvalue weighted by molar-refractivity contribution is 8.00. The predicted octanol–water partition coefficient (Wildman–Crippen LogP) is 4.26. The minimum absolute atomic E-state index is 0.0238. The van der Waals surface area contributed by atoms with Crippen molar-refractivity contribution in [2.75, 3.05) is 25.0 Å². The minimum atomic E-state index is -0.0238. The van der Waals surface area contributed by atoms with Crippen molar-refractivity contribution in [2.24, 2.45) is 0 Å². The Morgan fingerprint density at radius 2 is 1.81 bits per heavy atom. The van der Waals surface area contributed by atoms with Crippen LogP contribution in [0.15, 0.2) is 58.9 Å². The van der Waals surface area contributed by atoms with Crippen LogP contribution in [0.25, 0.3) is 11.0 Å². The molecule has 1 saturated heterocycles. The van der Waals surface area contributed by atoms with Crippen LogP contribution in [-0.4, -0.2) is 50.2 Å². The molecule has 2 aromatic carbocycles. The summed E-state index contributed by atoms with van der Waals surface area (Å²) in [5.41, 5.74) is 3.35. The third kappa shape index (κ3) is 5.01. The Bertz CT molecular complexity index is 1200. The molecule has 1 amide bonds. The summed E-state index contributed by atoms with van der Waals surface area (Å²) in [5, 5.41) is 11.8. The standard InChI is InChI=1S/C23H24N6OS2/c30-21(15-28-12-6-7-13-28)25-22-26-27-23(32-22)31-16-20-24-18-10-4-5-11-19(18)29(20)14-17-8-2-1-3-9-17/h1-5,8-11H,6-7,12-16H2,(H,25,26,30). The van der Waals surface area contributed by atoms with E-state index in [1.165, 1.54) is 29.7 Å². The van der Waals surface area contributed by atoms with Crippen molar-refractivity contribution in [3.05, 3.63) is 66.0 Å². The highest BCUT2D eigenvalue weighted by Gasteiger charge is 2.17. The van der Waals surface area contributed by atoms with E-state index in [2.05, 4.69) is 55.3 Å². The van der Waals surface area contributed by atoms with Crippen LogP contribution in [0.4, 0.5) is 5.13 Å². The average molecular weight is 465 g/mol. The van der Waals surface area contributed by atoms with Gasteiger partial charge in [-0.25, -0.2) is 4.98 Å². The van der Waals surface area contributed by atoms with E-state index in [0.717, 1.165) is 40.8 Å². The molecule has 1 N–H and O–H groups in total. The molecule has 0 atom stereocenters. The summed E-state index contributed by atoms with van der Waals surface area (Å²) in [6.07, 6.45) is 2.34. The van der Waals surface area contributed by atoms with Crippen LogP contribution in [-0.2, 0) is 17.1 Å². The molecule has 32 heavy (non-hydrogen) atoms. The van der Waals surface area contributed by atoms with Gasteiger partial charge in [0.25, 0.3) is 0 Å². The van der Waals surface area contributed by atoms with E-state index in [9.17, 15) is 4.79 Å². The van der Waals surface area contributed by atoms with Crippen LogP contribution >= 0.6 is 23.1 Å². The Hall–Kier alpha value is -2.75. The van der Waals surface area contributed by atoms with Gasteiger partial charge in [0.2, 0.25) is 11.0 Å². The van der Waals surface area contributed by atoms with Gasteiger partial charge in [-0.2, -0.15) is 0 Å². The molecule has 0 bridgehead atoms. The number of amides is 1. The summed E-state index contributed by atoms with van der Waals surface area (Å²) in [4.78, 5) is 19.3. The number of nitrogens with zero attached hydrogens (tertiary/aromatic N) is 5. The molecule has 164 valence electrons. The topological polar surface area (TPSA) is 75.9 Å². The summed E-state index contributed by atoms with van der Waals surface area (Å²) in [5.74, 6) is 1.65. The minimum Gasteiger partial charge on any atom is -0.323 e. The molecule has 0 aliphatic carbocycles. The van der Waals surface area contributed by atoms with Crippen LogP contribution < -0.4 is 5.32 Å². The van der Waals surface area contributed by atoms with Crippen molar-refractivity contribution < 1.29 is 4.79 Å². The Morgan fingerprint density at radius 3 is 2.66 bits per heavy atom. The fourth-order valence-corrected chi connectivity index (χ4v) is 5.64. The number of carbonyl (C=O) groups is 1. The molecular formula is C23H24N6OS2. The number of hydrogen-bond donors (Lipinski definition) is 1. The lowest BCUT2D eigenvalue weighted by Crippen LogP contribution is -2.30. The maximum Gasteiger partial charge on any atom is 0.240 e. The fourth-order valence-electron chi connectivity index (χ4n) is 3.93.